The van der Waals surface area contributed by atoms with E-state index in [0.29, 0.717) is 5.57 Å². The number of fused-ring (bicyclic) bond motifs is 1. The Balaban J connectivity index is 1.87. The lowest BCUT2D eigenvalue weighted by atomic mass is 9.69. The van der Waals surface area contributed by atoms with E-state index < -0.39 is 11.2 Å². The smallest absolute Gasteiger partial charge is 0.230 e. The van der Waals surface area contributed by atoms with Gasteiger partial charge in [0, 0.05) is 28.6 Å². The van der Waals surface area contributed by atoms with Crippen molar-refractivity contribution in [2.24, 2.45) is 0 Å². The SMILES string of the molecule is CN1c2ccc(-c3cccs3)cc2C(C)(C)C1C1=C(O)C(=O)C1=C(C#N)C#N. The van der Waals surface area contributed by atoms with E-state index in [1.54, 1.807) is 23.5 Å². The van der Waals surface area contributed by atoms with Crippen molar-refractivity contribution in [1.82, 2.24) is 0 Å². The number of hydrogen-bond donors (Lipinski definition) is 1. The van der Waals surface area contributed by atoms with E-state index in [4.69, 9.17) is 0 Å². The summed E-state index contributed by atoms with van der Waals surface area (Å²) in [6.07, 6.45) is 0. The highest BCUT2D eigenvalue weighted by molar-refractivity contribution is 7.13. The Labute approximate surface area is 167 Å². The number of aliphatic hydroxyl groups is 1. The third-order valence-corrected chi connectivity index (χ3v) is 6.58. The summed E-state index contributed by atoms with van der Waals surface area (Å²) in [6.45, 7) is 4.11. The highest BCUT2D eigenvalue weighted by atomic mass is 32.1. The lowest BCUT2D eigenvalue weighted by Crippen LogP contribution is -2.46. The number of carbonyl (C=O) groups is 1. The molecule has 1 aromatic heterocycles. The predicted molar refractivity (Wildman–Crippen MR) is 108 cm³/mol. The van der Waals surface area contributed by atoms with Gasteiger partial charge in [-0.25, -0.2) is 0 Å². The Morgan fingerprint density at radius 2 is 1.96 bits per heavy atom. The van der Waals surface area contributed by atoms with Crippen molar-refractivity contribution in [2.75, 3.05) is 11.9 Å². The molecule has 1 aliphatic heterocycles. The number of ketones is 1. The normalized spacial score (nSPS) is 19.8. The summed E-state index contributed by atoms with van der Waals surface area (Å²) in [4.78, 5) is 15.4. The van der Waals surface area contributed by atoms with Crippen LogP contribution in [0.25, 0.3) is 10.4 Å². The highest BCUT2D eigenvalue weighted by Gasteiger charge is 2.52. The molecule has 1 aromatic carbocycles. The lowest BCUT2D eigenvalue weighted by Gasteiger charge is -2.38. The fourth-order valence-electron chi connectivity index (χ4n) is 4.35. The van der Waals surface area contributed by atoms with E-state index in [9.17, 15) is 20.4 Å². The molecule has 0 bridgehead atoms. The molecule has 2 heterocycles. The van der Waals surface area contributed by atoms with E-state index >= 15 is 0 Å². The number of anilines is 1. The molecule has 0 spiro atoms. The number of hydrogen-bond acceptors (Lipinski definition) is 6. The topological polar surface area (TPSA) is 88.1 Å². The van der Waals surface area contributed by atoms with Gasteiger partial charge in [0.25, 0.3) is 0 Å². The summed E-state index contributed by atoms with van der Waals surface area (Å²) in [5, 5.41) is 30.8. The molecule has 2 aromatic rings. The van der Waals surface area contributed by atoms with E-state index in [-0.39, 0.29) is 22.9 Å². The van der Waals surface area contributed by atoms with Gasteiger partial charge in [0.1, 0.15) is 17.7 Å². The first-order valence-corrected chi connectivity index (χ1v) is 9.64. The number of nitriles is 2. The number of likely N-dealkylation sites (N-methyl/N-ethyl adjacent to an activating group) is 1. The van der Waals surface area contributed by atoms with Crippen molar-refractivity contribution in [3.05, 3.63) is 63.8 Å². The minimum absolute atomic E-state index is 0.0405. The average Bonchev–Trinajstić information content (AvgIpc) is 3.29. The minimum Gasteiger partial charge on any atom is -0.504 e. The maximum Gasteiger partial charge on any atom is 0.230 e. The summed E-state index contributed by atoms with van der Waals surface area (Å²) in [6, 6.07) is 13.6. The lowest BCUT2D eigenvalue weighted by molar-refractivity contribution is -0.116. The zero-order chi connectivity index (χ0) is 20.2. The van der Waals surface area contributed by atoms with Gasteiger partial charge in [0.05, 0.1) is 11.6 Å². The molecule has 138 valence electrons. The maximum absolute atomic E-state index is 12.2. The second-order valence-electron chi connectivity index (χ2n) is 7.51. The quantitative estimate of drug-likeness (QED) is 0.615. The Hall–Kier alpha value is -3.35. The Morgan fingerprint density at radius 3 is 2.57 bits per heavy atom. The molecule has 0 saturated heterocycles. The molecule has 6 heteroatoms. The van der Waals surface area contributed by atoms with Gasteiger partial charge in [-0.2, -0.15) is 10.5 Å². The zero-order valence-corrected chi connectivity index (χ0v) is 16.5. The molecule has 0 saturated carbocycles. The van der Waals surface area contributed by atoms with Crippen LogP contribution in [0.3, 0.4) is 0 Å². The minimum atomic E-state index is -0.632. The third-order valence-electron chi connectivity index (χ3n) is 5.66. The van der Waals surface area contributed by atoms with Crippen molar-refractivity contribution in [2.45, 2.75) is 25.3 Å². The van der Waals surface area contributed by atoms with Gasteiger partial charge in [0.2, 0.25) is 5.78 Å². The van der Waals surface area contributed by atoms with E-state index in [2.05, 4.69) is 32.0 Å². The number of aliphatic hydroxyl groups excluding tert-OH is 1. The number of thiophene rings is 1. The number of rotatable bonds is 2. The van der Waals surface area contributed by atoms with Crippen LogP contribution in [0.5, 0.6) is 0 Å². The second-order valence-corrected chi connectivity index (χ2v) is 8.46. The van der Waals surface area contributed by atoms with Crippen LogP contribution in [-0.2, 0) is 10.2 Å². The molecule has 1 unspecified atom stereocenters. The maximum atomic E-state index is 12.2. The van der Waals surface area contributed by atoms with E-state index in [0.717, 1.165) is 16.8 Å². The highest BCUT2D eigenvalue weighted by Crippen LogP contribution is 2.52. The summed E-state index contributed by atoms with van der Waals surface area (Å²) < 4.78 is 0. The molecular weight excluding hydrogens is 370 g/mol. The van der Waals surface area contributed by atoms with Gasteiger partial charge in [-0.15, -0.1) is 11.3 Å². The van der Waals surface area contributed by atoms with Crippen LogP contribution in [0.1, 0.15) is 19.4 Å². The van der Waals surface area contributed by atoms with Gasteiger partial charge in [0.15, 0.2) is 5.76 Å². The first-order chi connectivity index (χ1) is 13.3. The van der Waals surface area contributed by atoms with Crippen LogP contribution in [0.2, 0.25) is 0 Å². The zero-order valence-electron chi connectivity index (χ0n) is 15.6. The van der Waals surface area contributed by atoms with Crippen molar-refractivity contribution in [3.63, 3.8) is 0 Å². The molecule has 0 fully saturated rings. The van der Waals surface area contributed by atoms with Gasteiger partial charge in [-0.1, -0.05) is 26.0 Å². The fourth-order valence-corrected chi connectivity index (χ4v) is 5.07. The Kier molecular flexibility index (Phi) is 3.92. The Bertz CT molecular complexity index is 1140. The molecule has 0 radical (unpaired) electrons. The number of Topliss-reactive ketones (excluding diaryl/α,β-unsaturated/α-hetero) is 1. The molecule has 4 rings (SSSR count). The van der Waals surface area contributed by atoms with Crippen LogP contribution < -0.4 is 4.90 Å². The number of allylic oxidation sites excluding steroid dienone is 2. The Morgan fingerprint density at radius 1 is 1.25 bits per heavy atom. The van der Waals surface area contributed by atoms with Crippen LogP contribution in [0.4, 0.5) is 5.69 Å². The summed E-state index contributed by atoms with van der Waals surface area (Å²) >= 11 is 1.67. The number of nitrogens with zero attached hydrogens (tertiary/aromatic N) is 3. The third kappa shape index (κ3) is 2.25. The number of benzene rings is 1. The molecule has 1 N–H and O–H groups in total. The van der Waals surface area contributed by atoms with E-state index in [1.165, 1.54) is 4.88 Å². The van der Waals surface area contributed by atoms with E-state index in [1.807, 2.05) is 29.5 Å². The van der Waals surface area contributed by atoms with Gasteiger partial charge < -0.3 is 10.0 Å². The first kappa shape index (κ1) is 18.0. The largest absolute Gasteiger partial charge is 0.504 e. The van der Waals surface area contributed by atoms with Gasteiger partial charge >= 0.3 is 0 Å². The summed E-state index contributed by atoms with van der Waals surface area (Å²) in [5.74, 6) is -0.984. The molecule has 2 aliphatic rings. The van der Waals surface area contributed by atoms with Crippen LogP contribution in [0, 0.1) is 22.7 Å². The van der Waals surface area contributed by atoms with Crippen LogP contribution in [0.15, 0.2) is 58.2 Å². The first-order valence-electron chi connectivity index (χ1n) is 8.76. The monoisotopic (exact) mass is 387 g/mol. The average molecular weight is 387 g/mol. The standard InChI is InChI=1S/C22H17N3O2S/c1-22(2)14-9-12(16-5-4-8-28-16)6-7-15(14)25(3)21(22)18-17(13(10-23)11-24)19(26)20(18)27/h4-9,21,27H,1-3H3. The van der Waals surface area contributed by atoms with Crippen LogP contribution in [-0.4, -0.2) is 24.0 Å². The van der Waals surface area contributed by atoms with Crippen molar-refractivity contribution < 1.29 is 9.90 Å². The summed E-state index contributed by atoms with van der Waals surface area (Å²) in [7, 11) is 1.90. The predicted octanol–water partition coefficient (Wildman–Crippen LogP) is 4.25. The second kappa shape index (κ2) is 6.09. The molecule has 28 heavy (non-hydrogen) atoms. The van der Waals surface area contributed by atoms with Gasteiger partial charge in [-0.3, -0.25) is 4.79 Å². The van der Waals surface area contributed by atoms with Crippen molar-refractivity contribution in [3.8, 4) is 22.6 Å². The molecule has 1 atom stereocenters. The summed E-state index contributed by atoms with van der Waals surface area (Å²) in [5.41, 5.74) is 2.94. The van der Waals surface area contributed by atoms with Gasteiger partial charge in [-0.05, 0) is 34.7 Å². The molecule has 0 amide bonds. The molecule has 1 aliphatic carbocycles. The van der Waals surface area contributed by atoms with Crippen molar-refractivity contribution in [1.29, 1.82) is 10.5 Å². The molecular formula is C22H17N3O2S. The fraction of sp³-hybridized carbons (Fsp3) is 0.227. The van der Waals surface area contributed by atoms with Crippen molar-refractivity contribution >= 4 is 22.8 Å². The van der Waals surface area contributed by atoms with Crippen LogP contribution >= 0.6 is 11.3 Å². The number of carbonyl (C=O) groups excluding carboxylic acids is 1. The molecule has 5 nitrogen and oxygen atoms in total.